The standard InChI is InChI=1S/C19H23N/c1-2-7-17(15-20)13-12-16-8-6-11-19(14-16)18-9-4-3-5-10-18/h3-6,8-11,13-14H,2,7,12,15,20H2,1H3/b17-13-. The third-order valence-electron chi connectivity index (χ3n) is 3.49. The molecule has 0 heterocycles. The minimum absolute atomic E-state index is 0.673. The fourth-order valence-electron chi connectivity index (χ4n) is 2.38. The van der Waals surface area contributed by atoms with Crippen molar-refractivity contribution in [1.82, 2.24) is 0 Å². The summed E-state index contributed by atoms with van der Waals surface area (Å²) in [4.78, 5) is 0. The maximum atomic E-state index is 5.78. The molecule has 0 fully saturated rings. The Balaban J connectivity index is 2.14. The van der Waals surface area contributed by atoms with Gasteiger partial charge in [0.1, 0.15) is 0 Å². The molecule has 1 nitrogen and oxygen atoms in total. The first-order chi connectivity index (χ1) is 9.83. The van der Waals surface area contributed by atoms with Gasteiger partial charge in [-0.05, 0) is 29.5 Å². The summed E-state index contributed by atoms with van der Waals surface area (Å²) < 4.78 is 0. The fourth-order valence-corrected chi connectivity index (χ4v) is 2.38. The lowest BCUT2D eigenvalue weighted by Gasteiger charge is -2.06. The van der Waals surface area contributed by atoms with Gasteiger partial charge in [-0.25, -0.2) is 0 Å². The Hall–Kier alpha value is -1.86. The van der Waals surface area contributed by atoms with E-state index in [0.29, 0.717) is 6.54 Å². The van der Waals surface area contributed by atoms with Crippen molar-refractivity contribution in [3.63, 3.8) is 0 Å². The Labute approximate surface area is 122 Å². The highest BCUT2D eigenvalue weighted by atomic mass is 14.5. The molecule has 1 heteroatoms. The van der Waals surface area contributed by atoms with Crippen LogP contribution in [0.2, 0.25) is 0 Å². The average Bonchev–Trinajstić information content (AvgIpc) is 2.52. The van der Waals surface area contributed by atoms with Crippen LogP contribution < -0.4 is 5.73 Å². The fraction of sp³-hybridized carbons (Fsp3) is 0.263. The quantitative estimate of drug-likeness (QED) is 0.760. The molecule has 2 aromatic carbocycles. The van der Waals surface area contributed by atoms with E-state index in [1.807, 2.05) is 6.07 Å². The second-order valence-electron chi connectivity index (χ2n) is 5.09. The van der Waals surface area contributed by atoms with E-state index in [4.69, 9.17) is 5.73 Å². The third kappa shape index (κ3) is 4.07. The van der Waals surface area contributed by atoms with Crippen molar-refractivity contribution in [2.24, 2.45) is 5.73 Å². The molecule has 2 aromatic rings. The molecule has 0 aliphatic heterocycles. The van der Waals surface area contributed by atoms with Gasteiger partial charge in [-0.2, -0.15) is 0 Å². The summed E-state index contributed by atoms with van der Waals surface area (Å²) >= 11 is 0. The molecule has 20 heavy (non-hydrogen) atoms. The lowest BCUT2D eigenvalue weighted by Crippen LogP contribution is -2.03. The first kappa shape index (κ1) is 14.5. The summed E-state index contributed by atoms with van der Waals surface area (Å²) in [5, 5.41) is 0. The molecular formula is C19H23N. The molecule has 0 saturated heterocycles. The SMILES string of the molecule is CCC/C(=C/Cc1cccc(-c2ccccc2)c1)CN. The molecule has 0 aliphatic rings. The van der Waals surface area contributed by atoms with Crippen molar-refractivity contribution >= 4 is 0 Å². The largest absolute Gasteiger partial charge is 0.327 e. The van der Waals surface area contributed by atoms with Gasteiger partial charge in [-0.15, -0.1) is 0 Å². The maximum absolute atomic E-state index is 5.78. The van der Waals surface area contributed by atoms with Gasteiger partial charge >= 0.3 is 0 Å². The van der Waals surface area contributed by atoms with Gasteiger partial charge in [-0.1, -0.05) is 79.6 Å². The van der Waals surface area contributed by atoms with Crippen LogP contribution in [-0.2, 0) is 6.42 Å². The molecule has 0 aliphatic carbocycles. The highest BCUT2D eigenvalue weighted by molar-refractivity contribution is 5.64. The van der Waals surface area contributed by atoms with E-state index in [1.165, 1.54) is 22.3 Å². The van der Waals surface area contributed by atoms with Crippen LogP contribution >= 0.6 is 0 Å². The lowest BCUT2D eigenvalue weighted by atomic mass is 10.0. The minimum atomic E-state index is 0.673. The topological polar surface area (TPSA) is 26.0 Å². The number of nitrogens with two attached hydrogens (primary N) is 1. The number of rotatable bonds is 6. The average molecular weight is 265 g/mol. The number of benzene rings is 2. The van der Waals surface area contributed by atoms with E-state index in [0.717, 1.165) is 19.3 Å². The molecule has 2 rings (SSSR count). The van der Waals surface area contributed by atoms with Crippen LogP contribution in [0, 0.1) is 0 Å². The van der Waals surface area contributed by atoms with Crippen LogP contribution in [-0.4, -0.2) is 6.54 Å². The Morgan fingerprint density at radius 3 is 2.45 bits per heavy atom. The Kier molecular flexibility index (Phi) is 5.57. The zero-order valence-electron chi connectivity index (χ0n) is 12.2. The van der Waals surface area contributed by atoms with E-state index in [1.54, 1.807) is 0 Å². The van der Waals surface area contributed by atoms with Crippen LogP contribution in [0.5, 0.6) is 0 Å². The summed E-state index contributed by atoms with van der Waals surface area (Å²) in [6, 6.07) is 19.3. The van der Waals surface area contributed by atoms with Gasteiger partial charge in [0, 0.05) is 6.54 Å². The monoisotopic (exact) mass is 265 g/mol. The van der Waals surface area contributed by atoms with E-state index in [9.17, 15) is 0 Å². The molecule has 0 spiro atoms. The third-order valence-corrected chi connectivity index (χ3v) is 3.49. The molecule has 0 saturated carbocycles. The van der Waals surface area contributed by atoms with E-state index in [2.05, 4.69) is 61.5 Å². The Bertz CT molecular complexity index is 555. The van der Waals surface area contributed by atoms with Gasteiger partial charge in [0.2, 0.25) is 0 Å². The molecule has 104 valence electrons. The second kappa shape index (κ2) is 7.66. The van der Waals surface area contributed by atoms with Crippen molar-refractivity contribution in [2.45, 2.75) is 26.2 Å². The Morgan fingerprint density at radius 1 is 1.00 bits per heavy atom. The Morgan fingerprint density at radius 2 is 1.75 bits per heavy atom. The van der Waals surface area contributed by atoms with Crippen LogP contribution in [0.1, 0.15) is 25.3 Å². The van der Waals surface area contributed by atoms with Gasteiger partial charge in [0.15, 0.2) is 0 Å². The molecule has 0 radical (unpaired) electrons. The van der Waals surface area contributed by atoms with Crippen molar-refractivity contribution < 1.29 is 0 Å². The molecule has 0 atom stereocenters. The molecular weight excluding hydrogens is 242 g/mol. The van der Waals surface area contributed by atoms with Gasteiger partial charge in [0.05, 0.1) is 0 Å². The van der Waals surface area contributed by atoms with Crippen LogP contribution in [0.4, 0.5) is 0 Å². The predicted molar refractivity (Wildman–Crippen MR) is 87.6 cm³/mol. The maximum Gasteiger partial charge on any atom is 0.0136 e. The minimum Gasteiger partial charge on any atom is -0.327 e. The number of hydrogen-bond donors (Lipinski definition) is 1. The molecule has 0 unspecified atom stereocenters. The first-order valence-electron chi connectivity index (χ1n) is 7.35. The van der Waals surface area contributed by atoms with Gasteiger partial charge < -0.3 is 5.73 Å². The number of hydrogen-bond acceptors (Lipinski definition) is 1. The van der Waals surface area contributed by atoms with Crippen LogP contribution in [0.3, 0.4) is 0 Å². The van der Waals surface area contributed by atoms with E-state index >= 15 is 0 Å². The zero-order valence-corrected chi connectivity index (χ0v) is 12.2. The van der Waals surface area contributed by atoms with E-state index in [-0.39, 0.29) is 0 Å². The van der Waals surface area contributed by atoms with E-state index < -0.39 is 0 Å². The predicted octanol–water partition coefficient (Wildman–Crippen LogP) is 4.58. The van der Waals surface area contributed by atoms with Crippen molar-refractivity contribution in [2.75, 3.05) is 6.54 Å². The summed E-state index contributed by atoms with van der Waals surface area (Å²) in [5.74, 6) is 0. The normalized spacial score (nSPS) is 11.6. The molecule has 0 bridgehead atoms. The highest BCUT2D eigenvalue weighted by Gasteiger charge is 1.99. The summed E-state index contributed by atoms with van der Waals surface area (Å²) in [6.45, 7) is 2.87. The first-order valence-corrected chi connectivity index (χ1v) is 7.35. The van der Waals surface area contributed by atoms with Gasteiger partial charge in [-0.3, -0.25) is 0 Å². The highest BCUT2D eigenvalue weighted by Crippen LogP contribution is 2.20. The van der Waals surface area contributed by atoms with Crippen LogP contribution in [0.15, 0.2) is 66.2 Å². The number of allylic oxidation sites excluding steroid dienone is 1. The molecule has 0 amide bonds. The van der Waals surface area contributed by atoms with Crippen molar-refractivity contribution in [3.8, 4) is 11.1 Å². The van der Waals surface area contributed by atoms with Crippen molar-refractivity contribution in [3.05, 3.63) is 71.8 Å². The van der Waals surface area contributed by atoms with Crippen LogP contribution in [0.25, 0.3) is 11.1 Å². The lowest BCUT2D eigenvalue weighted by molar-refractivity contribution is 0.867. The molecule has 0 aromatic heterocycles. The summed E-state index contributed by atoms with van der Waals surface area (Å²) in [5.41, 5.74) is 11.0. The second-order valence-corrected chi connectivity index (χ2v) is 5.09. The summed E-state index contributed by atoms with van der Waals surface area (Å²) in [7, 11) is 0. The molecule has 2 N–H and O–H groups in total. The van der Waals surface area contributed by atoms with Gasteiger partial charge in [0.25, 0.3) is 0 Å². The van der Waals surface area contributed by atoms with Crippen molar-refractivity contribution in [1.29, 1.82) is 0 Å². The summed E-state index contributed by atoms with van der Waals surface area (Å²) in [6.07, 6.45) is 5.52. The smallest absolute Gasteiger partial charge is 0.0136 e. The zero-order chi connectivity index (χ0) is 14.2.